The lowest BCUT2D eigenvalue weighted by molar-refractivity contribution is -0.125. The van der Waals surface area contributed by atoms with Crippen molar-refractivity contribution in [1.29, 1.82) is 0 Å². The molecule has 0 unspecified atom stereocenters. The molecule has 0 radical (unpaired) electrons. The van der Waals surface area contributed by atoms with E-state index in [1.807, 2.05) is 0 Å². The van der Waals surface area contributed by atoms with Crippen molar-refractivity contribution >= 4 is 25.1 Å². The quantitative estimate of drug-likeness (QED) is 0.403. The predicted molar refractivity (Wildman–Crippen MR) is 40.4 cm³/mol. The van der Waals surface area contributed by atoms with Gasteiger partial charge in [0.15, 0.2) is 0 Å². The molecule has 0 aromatic rings. The lowest BCUT2D eigenvalue weighted by atomic mass is 9.86. The molecule has 0 aliphatic rings. The van der Waals surface area contributed by atoms with E-state index in [2.05, 4.69) is 0 Å². The standard InChI is InChI=1S/C8H10O4/c1-6(7(2-9)3-10)8(4-11)5-12/h2-8H,1H3. The maximum absolute atomic E-state index is 10.3. The van der Waals surface area contributed by atoms with Gasteiger partial charge in [0, 0.05) is 0 Å². The van der Waals surface area contributed by atoms with E-state index in [-0.39, 0.29) is 0 Å². The van der Waals surface area contributed by atoms with Crippen molar-refractivity contribution in [3.63, 3.8) is 0 Å². The van der Waals surface area contributed by atoms with Crippen LogP contribution in [0.25, 0.3) is 0 Å². The number of aldehydes is 4. The van der Waals surface area contributed by atoms with Crippen molar-refractivity contribution < 1.29 is 19.2 Å². The number of carbonyl (C=O) groups excluding carboxylic acids is 4. The molecule has 0 N–H and O–H groups in total. The van der Waals surface area contributed by atoms with Crippen LogP contribution in [0.3, 0.4) is 0 Å². The van der Waals surface area contributed by atoms with Gasteiger partial charge < -0.3 is 19.2 Å². The van der Waals surface area contributed by atoms with Gasteiger partial charge in [-0.25, -0.2) is 0 Å². The summed E-state index contributed by atoms with van der Waals surface area (Å²) in [5, 5.41) is 0. The molecule has 0 aliphatic carbocycles. The molecule has 0 spiro atoms. The highest BCUT2D eigenvalue weighted by Gasteiger charge is 2.24. The second kappa shape index (κ2) is 5.35. The van der Waals surface area contributed by atoms with Crippen molar-refractivity contribution in [1.82, 2.24) is 0 Å². The van der Waals surface area contributed by atoms with Crippen LogP contribution in [0.15, 0.2) is 0 Å². The molecule has 4 heteroatoms. The Kier molecular flexibility index (Phi) is 4.76. The normalized spacial score (nSPS) is 10.3. The average molecular weight is 170 g/mol. The van der Waals surface area contributed by atoms with Crippen molar-refractivity contribution in [2.45, 2.75) is 6.92 Å². The molecule has 0 rings (SSSR count). The topological polar surface area (TPSA) is 68.3 Å². The Morgan fingerprint density at radius 1 is 0.750 bits per heavy atom. The summed E-state index contributed by atoms with van der Waals surface area (Å²) < 4.78 is 0. The van der Waals surface area contributed by atoms with Crippen LogP contribution in [-0.4, -0.2) is 25.1 Å². The second-order valence-corrected chi connectivity index (χ2v) is 2.56. The summed E-state index contributed by atoms with van der Waals surface area (Å²) in [6.07, 6.45) is 1.77. The molecule has 0 atom stereocenters. The Hall–Kier alpha value is -1.32. The molecule has 0 saturated carbocycles. The minimum Gasteiger partial charge on any atom is -0.303 e. The van der Waals surface area contributed by atoms with Gasteiger partial charge in [0.2, 0.25) is 0 Å². The first-order valence-corrected chi connectivity index (χ1v) is 3.52. The van der Waals surface area contributed by atoms with E-state index < -0.39 is 17.8 Å². The molecular weight excluding hydrogens is 160 g/mol. The van der Waals surface area contributed by atoms with E-state index in [0.717, 1.165) is 0 Å². The highest BCUT2D eigenvalue weighted by Crippen LogP contribution is 2.14. The Morgan fingerprint density at radius 3 is 1.17 bits per heavy atom. The third kappa shape index (κ3) is 2.38. The zero-order valence-corrected chi connectivity index (χ0v) is 6.67. The van der Waals surface area contributed by atoms with Crippen LogP contribution in [-0.2, 0) is 19.2 Å². The van der Waals surface area contributed by atoms with E-state index in [9.17, 15) is 19.2 Å². The number of hydrogen-bond acceptors (Lipinski definition) is 4. The first-order chi connectivity index (χ1) is 5.71. The van der Waals surface area contributed by atoms with Crippen LogP contribution in [0.5, 0.6) is 0 Å². The highest BCUT2D eigenvalue weighted by atomic mass is 16.1. The minimum absolute atomic E-state index is 0.442. The van der Waals surface area contributed by atoms with Crippen LogP contribution in [0.1, 0.15) is 6.92 Å². The second-order valence-electron chi connectivity index (χ2n) is 2.56. The first-order valence-electron chi connectivity index (χ1n) is 3.52. The molecule has 0 aromatic carbocycles. The van der Waals surface area contributed by atoms with Gasteiger partial charge in [-0.05, 0) is 5.92 Å². The summed E-state index contributed by atoms with van der Waals surface area (Å²) in [5.41, 5.74) is 0. The van der Waals surface area contributed by atoms with E-state index in [1.165, 1.54) is 6.92 Å². The van der Waals surface area contributed by atoms with Gasteiger partial charge in [-0.15, -0.1) is 0 Å². The summed E-state index contributed by atoms with van der Waals surface area (Å²) in [5.74, 6) is -2.29. The third-order valence-corrected chi connectivity index (χ3v) is 1.84. The monoisotopic (exact) mass is 170 g/mol. The highest BCUT2D eigenvalue weighted by molar-refractivity contribution is 5.83. The maximum Gasteiger partial charge on any atom is 0.130 e. The smallest absolute Gasteiger partial charge is 0.130 e. The molecule has 66 valence electrons. The predicted octanol–water partition coefficient (Wildman–Crippen LogP) is -0.350. The lowest BCUT2D eigenvalue weighted by Gasteiger charge is -2.14. The molecule has 0 amide bonds. The van der Waals surface area contributed by atoms with Crippen molar-refractivity contribution in [2.75, 3.05) is 0 Å². The molecule has 12 heavy (non-hydrogen) atoms. The summed E-state index contributed by atoms with van der Waals surface area (Å²) in [7, 11) is 0. The van der Waals surface area contributed by atoms with E-state index in [0.29, 0.717) is 25.1 Å². The summed E-state index contributed by atoms with van der Waals surface area (Å²) in [6.45, 7) is 1.51. The summed E-state index contributed by atoms with van der Waals surface area (Å²) >= 11 is 0. The van der Waals surface area contributed by atoms with Crippen LogP contribution in [0.2, 0.25) is 0 Å². The van der Waals surface area contributed by atoms with Gasteiger partial charge in [-0.2, -0.15) is 0 Å². The molecule has 0 heterocycles. The van der Waals surface area contributed by atoms with E-state index >= 15 is 0 Å². The Bertz CT molecular complexity index is 151. The Morgan fingerprint density at radius 2 is 1.00 bits per heavy atom. The van der Waals surface area contributed by atoms with E-state index in [4.69, 9.17) is 0 Å². The van der Waals surface area contributed by atoms with Crippen LogP contribution in [0, 0.1) is 17.8 Å². The Labute approximate surface area is 69.9 Å². The fourth-order valence-corrected chi connectivity index (χ4v) is 0.816. The van der Waals surface area contributed by atoms with Gasteiger partial charge in [-0.3, -0.25) is 0 Å². The van der Waals surface area contributed by atoms with Gasteiger partial charge in [0.25, 0.3) is 0 Å². The van der Waals surface area contributed by atoms with Gasteiger partial charge in [-0.1, -0.05) is 6.92 Å². The zero-order chi connectivity index (χ0) is 9.56. The van der Waals surface area contributed by atoms with Crippen molar-refractivity contribution in [3.8, 4) is 0 Å². The van der Waals surface area contributed by atoms with Gasteiger partial charge in [0.05, 0.1) is 11.8 Å². The van der Waals surface area contributed by atoms with Crippen LogP contribution >= 0.6 is 0 Å². The van der Waals surface area contributed by atoms with Crippen LogP contribution in [0.4, 0.5) is 0 Å². The van der Waals surface area contributed by atoms with E-state index in [1.54, 1.807) is 0 Å². The molecular formula is C8H10O4. The first kappa shape index (κ1) is 10.7. The number of carbonyl (C=O) groups is 4. The van der Waals surface area contributed by atoms with Crippen molar-refractivity contribution in [3.05, 3.63) is 0 Å². The zero-order valence-electron chi connectivity index (χ0n) is 6.67. The lowest BCUT2D eigenvalue weighted by Crippen LogP contribution is -2.25. The summed E-state index contributed by atoms with van der Waals surface area (Å²) in [4.78, 5) is 41.0. The molecule has 4 nitrogen and oxygen atoms in total. The summed E-state index contributed by atoms with van der Waals surface area (Å²) in [6, 6.07) is 0. The average Bonchev–Trinajstić information content (AvgIpc) is 2.09. The molecule has 0 aliphatic heterocycles. The SMILES string of the molecule is CC(C(C=O)C=O)C(C=O)C=O. The minimum atomic E-state index is -0.870. The Balaban J connectivity index is 4.40. The fraction of sp³-hybridized carbons (Fsp3) is 0.500. The fourth-order valence-electron chi connectivity index (χ4n) is 0.816. The largest absolute Gasteiger partial charge is 0.303 e. The molecule has 0 saturated heterocycles. The van der Waals surface area contributed by atoms with Crippen molar-refractivity contribution in [2.24, 2.45) is 17.8 Å². The van der Waals surface area contributed by atoms with Crippen LogP contribution < -0.4 is 0 Å². The number of hydrogen-bond donors (Lipinski definition) is 0. The maximum atomic E-state index is 10.3. The third-order valence-electron chi connectivity index (χ3n) is 1.84. The number of rotatable bonds is 6. The molecule has 0 aromatic heterocycles. The van der Waals surface area contributed by atoms with Gasteiger partial charge in [0.1, 0.15) is 25.1 Å². The molecule has 0 bridgehead atoms. The molecule has 0 fully saturated rings. The van der Waals surface area contributed by atoms with Gasteiger partial charge >= 0.3 is 0 Å².